The molecule has 0 spiro atoms. The van der Waals surface area contributed by atoms with Crippen LogP contribution in [0.3, 0.4) is 0 Å². The van der Waals surface area contributed by atoms with E-state index in [4.69, 9.17) is 14.2 Å². The lowest BCUT2D eigenvalue weighted by atomic mass is 10.2. The number of esters is 1. The number of rotatable bonds is 12. The molecule has 0 unspecified atom stereocenters. The fourth-order valence-corrected chi connectivity index (χ4v) is 4.83. The van der Waals surface area contributed by atoms with Crippen molar-refractivity contribution >= 4 is 35.2 Å². The zero-order chi connectivity index (χ0) is 32.6. The molecule has 236 valence electrons. The highest BCUT2D eigenvalue weighted by Gasteiger charge is 2.31. The van der Waals surface area contributed by atoms with Gasteiger partial charge < -0.3 is 24.8 Å². The topological polar surface area (TPSA) is 134 Å². The SMILES string of the molecule is CCOC(=O)c1ccc(NC(=O)CSc2nnc(CNC(=O)c3ccc(OC)c(OC)c3)n2-c2cccc(C(F)(F)F)c2)cc1. The quantitative estimate of drug-likeness (QED) is 0.159. The molecule has 4 rings (SSSR count). The molecule has 0 radical (unpaired) electrons. The smallest absolute Gasteiger partial charge is 0.416 e. The van der Waals surface area contributed by atoms with Crippen LogP contribution >= 0.6 is 11.8 Å². The van der Waals surface area contributed by atoms with Crippen LogP contribution in [0.5, 0.6) is 11.5 Å². The van der Waals surface area contributed by atoms with Crippen LogP contribution < -0.4 is 20.1 Å². The Labute approximate surface area is 260 Å². The highest BCUT2D eigenvalue weighted by molar-refractivity contribution is 7.99. The zero-order valence-electron chi connectivity index (χ0n) is 24.3. The summed E-state index contributed by atoms with van der Waals surface area (Å²) in [5, 5.41) is 13.7. The summed E-state index contributed by atoms with van der Waals surface area (Å²) in [4.78, 5) is 37.5. The van der Waals surface area contributed by atoms with Gasteiger partial charge in [0.2, 0.25) is 5.91 Å². The molecule has 0 aliphatic carbocycles. The minimum absolute atomic E-state index is 0.0858. The van der Waals surface area contributed by atoms with E-state index in [9.17, 15) is 27.6 Å². The fraction of sp³-hybridized carbons (Fsp3) is 0.233. The Bertz CT molecular complexity index is 1680. The van der Waals surface area contributed by atoms with E-state index in [1.807, 2.05) is 0 Å². The van der Waals surface area contributed by atoms with Crippen LogP contribution in [0.4, 0.5) is 18.9 Å². The van der Waals surface area contributed by atoms with E-state index in [0.29, 0.717) is 22.7 Å². The molecule has 0 saturated heterocycles. The maximum atomic E-state index is 13.5. The second-order valence-electron chi connectivity index (χ2n) is 9.17. The summed E-state index contributed by atoms with van der Waals surface area (Å²) in [5.41, 5.74) is 0.187. The van der Waals surface area contributed by atoms with E-state index in [1.54, 1.807) is 25.1 Å². The van der Waals surface area contributed by atoms with Crippen molar-refractivity contribution in [1.82, 2.24) is 20.1 Å². The first-order valence-electron chi connectivity index (χ1n) is 13.4. The van der Waals surface area contributed by atoms with Crippen LogP contribution in [0.25, 0.3) is 5.69 Å². The lowest BCUT2D eigenvalue weighted by Gasteiger charge is -2.14. The summed E-state index contributed by atoms with van der Waals surface area (Å²) >= 11 is 0.937. The molecular weight excluding hydrogens is 615 g/mol. The summed E-state index contributed by atoms with van der Waals surface area (Å²) in [6.45, 7) is 1.72. The van der Waals surface area contributed by atoms with Crippen LogP contribution in [0.2, 0.25) is 0 Å². The molecule has 1 aromatic heterocycles. The summed E-state index contributed by atoms with van der Waals surface area (Å²) in [6, 6.07) is 15.2. The number of aromatic nitrogens is 3. The monoisotopic (exact) mass is 643 g/mol. The van der Waals surface area contributed by atoms with E-state index in [2.05, 4.69) is 20.8 Å². The third-order valence-electron chi connectivity index (χ3n) is 6.20. The predicted octanol–water partition coefficient (Wildman–Crippen LogP) is 5.14. The van der Waals surface area contributed by atoms with Crippen LogP contribution in [-0.2, 0) is 22.3 Å². The number of alkyl halides is 3. The number of carbonyl (C=O) groups excluding carboxylic acids is 3. The van der Waals surface area contributed by atoms with Crippen LogP contribution in [0.15, 0.2) is 71.9 Å². The van der Waals surface area contributed by atoms with Gasteiger partial charge in [0.15, 0.2) is 22.5 Å². The molecule has 0 aliphatic rings. The summed E-state index contributed by atoms with van der Waals surface area (Å²) in [5.74, 6) is -0.713. The number of hydrogen-bond donors (Lipinski definition) is 2. The molecule has 1 heterocycles. The van der Waals surface area contributed by atoms with Gasteiger partial charge in [0.05, 0.1) is 49.9 Å². The van der Waals surface area contributed by atoms with Gasteiger partial charge in [-0.15, -0.1) is 10.2 Å². The molecule has 2 amide bonds. The second-order valence-corrected chi connectivity index (χ2v) is 10.1. The van der Waals surface area contributed by atoms with Gasteiger partial charge in [-0.2, -0.15) is 13.2 Å². The molecular formula is C30H28F3N5O6S. The number of anilines is 1. The minimum Gasteiger partial charge on any atom is -0.493 e. The van der Waals surface area contributed by atoms with Gasteiger partial charge in [0.1, 0.15) is 0 Å². The first-order chi connectivity index (χ1) is 21.5. The molecule has 4 aromatic rings. The first kappa shape index (κ1) is 32.9. The molecule has 0 saturated carbocycles. The Morgan fingerprint density at radius 2 is 1.62 bits per heavy atom. The van der Waals surface area contributed by atoms with Crippen molar-refractivity contribution in [3.8, 4) is 17.2 Å². The van der Waals surface area contributed by atoms with Gasteiger partial charge in [0.25, 0.3) is 5.91 Å². The Kier molecular flexibility index (Phi) is 10.7. The fourth-order valence-electron chi connectivity index (χ4n) is 4.06. The molecule has 3 aromatic carbocycles. The average Bonchev–Trinajstić information content (AvgIpc) is 3.45. The zero-order valence-corrected chi connectivity index (χ0v) is 25.1. The van der Waals surface area contributed by atoms with E-state index < -0.39 is 29.5 Å². The summed E-state index contributed by atoms with van der Waals surface area (Å²) in [6.07, 6.45) is -4.61. The highest BCUT2D eigenvalue weighted by atomic mass is 32.2. The average molecular weight is 644 g/mol. The van der Waals surface area contributed by atoms with Gasteiger partial charge >= 0.3 is 12.1 Å². The lowest BCUT2D eigenvalue weighted by Crippen LogP contribution is -2.25. The van der Waals surface area contributed by atoms with Crippen LogP contribution in [-0.4, -0.2) is 59.1 Å². The molecule has 15 heteroatoms. The van der Waals surface area contributed by atoms with E-state index in [-0.39, 0.29) is 41.1 Å². The number of nitrogens with one attached hydrogen (secondary N) is 2. The third-order valence-corrected chi connectivity index (χ3v) is 7.13. The number of ether oxygens (including phenoxy) is 3. The molecule has 2 N–H and O–H groups in total. The van der Waals surface area contributed by atoms with Crippen molar-refractivity contribution in [1.29, 1.82) is 0 Å². The normalized spacial score (nSPS) is 11.1. The second kappa shape index (κ2) is 14.6. The maximum Gasteiger partial charge on any atom is 0.416 e. The van der Waals surface area contributed by atoms with Crippen molar-refractivity contribution < 1.29 is 41.8 Å². The van der Waals surface area contributed by atoms with Gasteiger partial charge in [-0.1, -0.05) is 17.8 Å². The number of hydrogen-bond acceptors (Lipinski definition) is 9. The summed E-state index contributed by atoms with van der Waals surface area (Å²) < 4.78 is 57.3. The van der Waals surface area contributed by atoms with Crippen molar-refractivity contribution in [2.75, 3.05) is 31.9 Å². The molecule has 0 aliphatic heterocycles. The number of halogens is 3. The highest BCUT2D eigenvalue weighted by Crippen LogP contribution is 2.32. The number of amides is 2. The lowest BCUT2D eigenvalue weighted by molar-refractivity contribution is -0.137. The Balaban J connectivity index is 1.53. The number of carbonyl (C=O) groups is 3. The van der Waals surface area contributed by atoms with E-state index >= 15 is 0 Å². The minimum atomic E-state index is -4.61. The van der Waals surface area contributed by atoms with E-state index in [0.717, 1.165) is 23.9 Å². The molecule has 11 nitrogen and oxygen atoms in total. The van der Waals surface area contributed by atoms with Gasteiger partial charge in [0, 0.05) is 11.3 Å². The van der Waals surface area contributed by atoms with Crippen molar-refractivity contribution in [3.63, 3.8) is 0 Å². The Morgan fingerprint density at radius 3 is 2.29 bits per heavy atom. The third kappa shape index (κ3) is 8.32. The van der Waals surface area contributed by atoms with Crippen molar-refractivity contribution in [2.24, 2.45) is 0 Å². The molecule has 0 atom stereocenters. The predicted molar refractivity (Wildman–Crippen MR) is 159 cm³/mol. The van der Waals surface area contributed by atoms with Crippen LogP contribution in [0.1, 0.15) is 39.0 Å². The maximum absolute atomic E-state index is 13.5. The first-order valence-corrected chi connectivity index (χ1v) is 14.3. The molecule has 45 heavy (non-hydrogen) atoms. The Morgan fingerprint density at radius 1 is 0.911 bits per heavy atom. The van der Waals surface area contributed by atoms with E-state index in [1.165, 1.54) is 55.2 Å². The number of methoxy groups -OCH3 is 2. The van der Waals surface area contributed by atoms with Crippen molar-refractivity contribution in [2.45, 2.75) is 24.8 Å². The van der Waals surface area contributed by atoms with Gasteiger partial charge in [-0.3, -0.25) is 14.2 Å². The number of benzene rings is 3. The molecule has 0 fully saturated rings. The van der Waals surface area contributed by atoms with Crippen molar-refractivity contribution in [3.05, 3.63) is 89.2 Å². The number of thioether (sulfide) groups is 1. The largest absolute Gasteiger partial charge is 0.493 e. The van der Waals surface area contributed by atoms with Gasteiger partial charge in [-0.25, -0.2) is 4.79 Å². The standard InChI is InChI=1S/C30H28F3N5O6S/c1-4-44-28(41)18-8-11-21(12-9-18)35-26(39)17-45-29-37-36-25(38(29)22-7-5-6-20(15-22)30(31,32)33)16-34-27(40)19-10-13-23(42-2)24(14-19)43-3/h5-15H,4,16-17H2,1-3H3,(H,34,40)(H,35,39). The number of nitrogens with zero attached hydrogens (tertiary/aromatic N) is 3. The Hall–Kier alpha value is -5.05. The molecule has 0 bridgehead atoms. The summed E-state index contributed by atoms with van der Waals surface area (Å²) in [7, 11) is 2.89. The van der Waals surface area contributed by atoms with Gasteiger partial charge in [-0.05, 0) is 67.6 Å². The van der Waals surface area contributed by atoms with Crippen LogP contribution in [0, 0.1) is 0 Å².